The molecule has 2 aromatic heterocycles. The fraction of sp³-hybridized carbons (Fsp3) is 0.190. The summed E-state index contributed by atoms with van der Waals surface area (Å²) in [5.41, 5.74) is 0.555. The Kier molecular flexibility index (Phi) is 4.35. The highest BCUT2D eigenvalue weighted by molar-refractivity contribution is 5.96. The summed E-state index contributed by atoms with van der Waals surface area (Å²) in [5.74, 6) is 1.10. The van der Waals surface area contributed by atoms with Gasteiger partial charge < -0.3 is 14.8 Å². The summed E-state index contributed by atoms with van der Waals surface area (Å²) >= 11 is 0. The summed E-state index contributed by atoms with van der Waals surface area (Å²) in [4.78, 5) is 14.6. The highest BCUT2D eigenvalue weighted by Gasteiger charge is 2.26. The van der Waals surface area contributed by atoms with Gasteiger partial charge in [-0.3, -0.25) is 4.79 Å². The van der Waals surface area contributed by atoms with Crippen LogP contribution in [0.4, 0.5) is 15.9 Å². The lowest BCUT2D eigenvalue weighted by Gasteiger charge is -2.28. The van der Waals surface area contributed by atoms with Crippen molar-refractivity contribution in [2.24, 2.45) is 0 Å². The Morgan fingerprint density at radius 2 is 1.97 bits per heavy atom. The smallest absolute Gasteiger partial charge is 0.257 e. The molecule has 0 saturated carbocycles. The van der Waals surface area contributed by atoms with Gasteiger partial charge in [0.1, 0.15) is 11.6 Å². The molecule has 0 saturated heterocycles. The molecule has 0 aliphatic carbocycles. The maximum atomic E-state index is 14.5. The van der Waals surface area contributed by atoms with Crippen molar-refractivity contribution in [3.63, 3.8) is 0 Å². The average molecular weight is 403 g/mol. The molecule has 30 heavy (non-hydrogen) atoms. The fourth-order valence-corrected chi connectivity index (χ4v) is 3.67. The van der Waals surface area contributed by atoms with Gasteiger partial charge in [-0.25, -0.2) is 4.39 Å². The van der Waals surface area contributed by atoms with Crippen molar-refractivity contribution in [3.05, 3.63) is 71.7 Å². The van der Waals surface area contributed by atoms with E-state index < -0.39 is 5.82 Å². The van der Waals surface area contributed by atoms with Gasteiger partial charge in [-0.1, -0.05) is 24.3 Å². The number of nitrogens with zero attached hydrogens (tertiary/aromatic N) is 6. The normalized spacial score (nSPS) is 13.3. The van der Waals surface area contributed by atoms with E-state index in [-0.39, 0.29) is 11.5 Å². The van der Waals surface area contributed by atoms with Crippen molar-refractivity contribution in [1.82, 2.24) is 29.9 Å². The summed E-state index contributed by atoms with van der Waals surface area (Å²) in [5, 5.41) is 21.3. The molecule has 1 amide bonds. The lowest BCUT2D eigenvalue weighted by Crippen LogP contribution is -2.39. The number of hydrogen-bond donors (Lipinski definition) is 1. The van der Waals surface area contributed by atoms with E-state index >= 15 is 0 Å². The molecule has 2 aromatic carbocycles. The zero-order valence-electron chi connectivity index (χ0n) is 16.2. The number of carbonyl (C=O) groups is 1. The quantitative estimate of drug-likeness (QED) is 0.566. The van der Waals surface area contributed by atoms with Gasteiger partial charge >= 0.3 is 0 Å². The zero-order valence-corrected chi connectivity index (χ0v) is 16.2. The maximum Gasteiger partial charge on any atom is 0.257 e. The van der Waals surface area contributed by atoms with E-state index in [1.54, 1.807) is 17.2 Å². The summed E-state index contributed by atoms with van der Waals surface area (Å²) in [6.07, 6.45) is 1.68. The Hall–Kier alpha value is -3.88. The number of carbonyl (C=O) groups excluding carboxylic acids is 1. The minimum atomic E-state index is -0.572. The number of aryl methyl sites for hydroxylation is 1. The molecule has 0 spiro atoms. The second kappa shape index (κ2) is 7.18. The van der Waals surface area contributed by atoms with Crippen LogP contribution < -0.4 is 5.32 Å². The number of rotatable bonds is 3. The minimum Gasteiger partial charge on any atom is -0.338 e. The van der Waals surface area contributed by atoms with Crippen LogP contribution in [-0.4, -0.2) is 42.3 Å². The molecule has 0 fully saturated rings. The summed E-state index contributed by atoms with van der Waals surface area (Å²) < 4.78 is 16.5. The summed E-state index contributed by atoms with van der Waals surface area (Å²) in [6, 6.07) is 12.1. The zero-order chi connectivity index (χ0) is 20.7. The molecule has 0 unspecified atom stereocenters. The third-order valence-corrected chi connectivity index (χ3v) is 5.26. The first-order valence-corrected chi connectivity index (χ1v) is 9.55. The second-order valence-corrected chi connectivity index (χ2v) is 7.14. The number of hydrogen-bond acceptors (Lipinski definition) is 6. The molecule has 8 nitrogen and oxygen atoms in total. The Morgan fingerprint density at radius 1 is 1.10 bits per heavy atom. The van der Waals surface area contributed by atoms with Crippen LogP contribution in [0.15, 0.2) is 48.7 Å². The molecule has 1 aliphatic heterocycles. The largest absolute Gasteiger partial charge is 0.338 e. The number of halogens is 1. The third kappa shape index (κ3) is 3.14. The molecule has 150 valence electrons. The van der Waals surface area contributed by atoms with E-state index in [0.717, 1.165) is 16.6 Å². The first-order chi connectivity index (χ1) is 14.6. The van der Waals surface area contributed by atoms with E-state index in [1.807, 2.05) is 35.8 Å². The third-order valence-electron chi connectivity index (χ3n) is 5.26. The van der Waals surface area contributed by atoms with Crippen LogP contribution in [0.1, 0.15) is 22.0 Å². The van der Waals surface area contributed by atoms with Crippen LogP contribution in [0.5, 0.6) is 0 Å². The minimum absolute atomic E-state index is 0.00196. The lowest BCUT2D eigenvalue weighted by atomic mass is 10.1. The van der Waals surface area contributed by atoms with Crippen LogP contribution >= 0.6 is 0 Å². The van der Waals surface area contributed by atoms with Gasteiger partial charge in [-0.2, -0.15) is 5.10 Å². The van der Waals surface area contributed by atoms with Crippen molar-refractivity contribution in [1.29, 1.82) is 0 Å². The highest BCUT2D eigenvalue weighted by atomic mass is 19.1. The van der Waals surface area contributed by atoms with E-state index in [2.05, 4.69) is 25.7 Å². The van der Waals surface area contributed by atoms with Crippen molar-refractivity contribution >= 4 is 28.2 Å². The molecule has 1 aliphatic rings. The number of fused-ring (bicyclic) bond motifs is 2. The van der Waals surface area contributed by atoms with Crippen LogP contribution in [-0.2, 0) is 13.1 Å². The lowest BCUT2D eigenvalue weighted by molar-refractivity contribution is 0.0702. The molecule has 0 radical (unpaired) electrons. The second-order valence-electron chi connectivity index (χ2n) is 7.14. The van der Waals surface area contributed by atoms with Gasteiger partial charge in [-0.15, -0.1) is 15.3 Å². The molecular formula is C21H18FN7O. The van der Waals surface area contributed by atoms with E-state index in [1.165, 1.54) is 12.1 Å². The average Bonchev–Trinajstić information content (AvgIpc) is 3.15. The molecule has 3 heterocycles. The van der Waals surface area contributed by atoms with Gasteiger partial charge in [0.05, 0.1) is 18.3 Å². The number of anilines is 2. The molecule has 4 aromatic rings. The fourth-order valence-electron chi connectivity index (χ4n) is 3.67. The van der Waals surface area contributed by atoms with Gasteiger partial charge in [0.15, 0.2) is 11.6 Å². The molecule has 9 heteroatoms. The first kappa shape index (κ1) is 18.2. The number of amides is 1. The highest BCUT2D eigenvalue weighted by Crippen LogP contribution is 2.25. The van der Waals surface area contributed by atoms with Gasteiger partial charge in [0.25, 0.3) is 5.91 Å². The molecular weight excluding hydrogens is 385 g/mol. The Morgan fingerprint density at radius 3 is 2.87 bits per heavy atom. The van der Waals surface area contributed by atoms with E-state index in [9.17, 15) is 9.18 Å². The number of aromatic nitrogens is 5. The van der Waals surface area contributed by atoms with E-state index in [0.29, 0.717) is 37.0 Å². The molecule has 5 rings (SSSR count). The van der Waals surface area contributed by atoms with Crippen LogP contribution in [0.2, 0.25) is 0 Å². The Labute approximate surface area is 171 Å². The summed E-state index contributed by atoms with van der Waals surface area (Å²) in [6.45, 7) is 3.23. The van der Waals surface area contributed by atoms with E-state index in [4.69, 9.17) is 0 Å². The van der Waals surface area contributed by atoms with Crippen molar-refractivity contribution < 1.29 is 9.18 Å². The standard InChI is InChI=1S/C21H18FN7O/c1-13-25-26-19-12-28(8-9-29(13)19)21(30)17-10-15(6-7-18(17)22)24-20-16-5-3-2-4-14(16)11-23-27-20/h2-7,10-11H,8-9,12H2,1H3,(H,24,27). The first-order valence-electron chi connectivity index (χ1n) is 9.55. The topological polar surface area (TPSA) is 88.8 Å². The monoisotopic (exact) mass is 403 g/mol. The number of nitrogens with one attached hydrogen (secondary N) is 1. The maximum absolute atomic E-state index is 14.5. The predicted molar refractivity (Wildman–Crippen MR) is 109 cm³/mol. The van der Waals surface area contributed by atoms with Crippen LogP contribution in [0.25, 0.3) is 10.8 Å². The van der Waals surface area contributed by atoms with Crippen molar-refractivity contribution in [3.8, 4) is 0 Å². The predicted octanol–water partition coefficient (Wildman–Crippen LogP) is 3.07. The molecule has 0 atom stereocenters. The molecule has 1 N–H and O–H groups in total. The van der Waals surface area contributed by atoms with Crippen molar-refractivity contribution in [2.75, 3.05) is 11.9 Å². The van der Waals surface area contributed by atoms with Crippen LogP contribution in [0, 0.1) is 12.7 Å². The summed E-state index contributed by atoms with van der Waals surface area (Å²) in [7, 11) is 0. The Balaban J connectivity index is 1.43. The van der Waals surface area contributed by atoms with Crippen molar-refractivity contribution in [2.45, 2.75) is 20.0 Å². The Bertz CT molecular complexity index is 1260. The van der Waals surface area contributed by atoms with Crippen LogP contribution in [0.3, 0.4) is 0 Å². The van der Waals surface area contributed by atoms with Gasteiger partial charge in [-0.05, 0) is 25.1 Å². The van der Waals surface area contributed by atoms with Gasteiger partial charge in [0, 0.05) is 29.5 Å². The SMILES string of the molecule is Cc1nnc2n1CCN(C(=O)c1cc(Nc3nncc4ccccc34)ccc1F)C2. The number of benzene rings is 2. The van der Waals surface area contributed by atoms with Gasteiger partial charge in [0.2, 0.25) is 0 Å². The molecule has 0 bridgehead atoms.